The van der Waals surface area contributed by atoms with Crippen LogP contribution in [0.1, 0.15) is 39.2 Å². The van der Waals surface area contributed by atoms with Gasteiger partial charge in [0.15, 0.2) is 0 Å². The Kier molecular flexibility index (Phi) is 6.91. The van der Waals surface area contributed by atoms with Gasteiger partial charge in [-0.3, -0.25) is 4.79 Å². The van der Waals surface area contributed by atoms with E-state index in [1.54, 1.807) is 11.0 Å². The molecular weight excluding hydrogens is 416 g/mol. The molecule has 2 aromatic rings. The first-order chi connectivity index (χ1) is 14.6. The molecule has 3 rings (SSSR count). The molecular formula is C23H30N2O5S. The molecule has 0 radical (unpaired) electrons. The summed E-state index contributed by atoms with van der Waals surface area (Å²) in [5.41, 5.74) is 1.46. The van der Waals surface area contributed by atoms with E-state index in [9.17, 15) is 13.2 Å². The molecule has 8 heteroatoms. The molecule has 1 saturated heterocycles. The van der Waals surface area contributed by atoms with E-state index >= 15 is 0 Å². The summed E-state index contributed by atoms with van der Waals surface area (Å²) in [6.45, 7) is 7.16. The summed E-state index contributed by atoms with van der Waals surface area (Å²) in [7, 11) is -2.27. The van der Waals surface area contributed by atoms with Crippen molar-refractivity contribution < 1.29 is 22.7 Å². The number of nitrogens with one attached hydrogen (secondary N) is 1. The van der Waals surface area contributed by atoms with Gasteiger partial charge in [0, 0.05) is 19.5 Å². The zero-order valence-corrected chi connectivity index (χ0v) is 19.3. The molecule has 1 amide bonds. The maximum atomic E-state index is 12.8. The van der Waals surface area contributed by atoms with E-state index in [0.717, 1.165) is 17.7 Å². The quantitative estimate of drug-likeness (QED) is 0.628. The summed E-state index contributed by atoms with van der Waals surface area (Å²) in [5.74, 6) is 1.18. The van der Waals surface area contributed by atoms with Gasteiger partial charge in [-0.15, -0.1) is 0 Å². The van der Waals surface area contributed by atoms with Crippen LogP contribution in [0, 0.1) is 0 Å². The number of carbonyl (C=O) groups is 1. The van der Waals surface area contributed by atoms with Crippen molar-refractivity contribution in [3.8, 4) is 11.5 Å². The zero-order valence-electron chi connectivity index (χ0n) is 18.5. The molecule has 0 aromatic heterocycles. The fourth-order valence-corrected chi connectivity index (χ4v) is 4.62. The molecule has 31 heavy (non-hydrogen) atoms. The van der Waals surface area contributed by atoms with E-state index < -0.39 is 10.0 Å². The van der Waals surface area contributed by atoms with Crippen LogP contribution in [0.3, 0.4) is 0 Å². The third kappa shape index (κ3) is 5.37. The molecule has 1 fully saturated rings. The monoisotopic (exact) mass is 446 g/mol. The van der Waals surface area contributed by atoms with Gasteiger partial charge in [-0.25, -0.2) is 13.1 Å². The predicted octanol–water partition coefficient (Wildman–Crippen LogP) is 3.48. The van der Waals surface area contributed by atoms with Crippen LogP contribution >= 0.6 is 0 Å². The first-order valence-corrected chi connectivity index (χ1v) is 11.8. The minimum absolute atomic E-state index is 0.0354. The lowest BCUT2D eigenvalue weighted by molar-refractivity contribution is -0.117. The van der Waals surface area contributed by atoms with Crippen molar-refractivity contribution in [3.63, 3.8) is 0 Å². The van der Waals surface area contributed by atoms with Crippen LogP contribution in [0.5, 0.6) is 11.5 Å². The van der Waals surface area contributed by atoms with Crippen LogP contribution in [0.15, 0.2) is 47.4 Å². The second-order valence-electron chi connectivity index (χ2n) is 8.47. The summed E-state index contributed by atoms with van der Waals surface area (Å²) >= 11 is 0. The molecule has 0 saturated carbocycles. The molecule has 2 aromatic carbocycles. The van der Waals surface area contributed by atoms with Gasteiger partial charge in [0.05, 0.1) is 17.7 Å². The second kappa shape index (κ2) is 9.28. The highest BCUT2D eigenvalue weighted by Gasteiger charge is 2.26. The highest BCUT2D eigenvalue weighted by atomic mass is 32.2. The Morgan fingerprint density at radius 2 is 1.84 bits per heavy atom. The van der Waals surface area contributed by atoms with Crippen LogP contribution < -0.4 is 19.1 Å². The Morgan fingerprint density at radius 1 is 1.10 bits per heavy atom. The van der Waals surface area contributed by atoms with Gasteiger partial charge in [0.1, 0.15) is 18.1 Å². The lowest BCUT2D eigenvalue weighted by atomic mass is 9.86. The average Bonchev–Trinajstić information content (AvgIpc) is 3.16. The Hall–Kier alpha value is -2.58. The van der Waals surface area contributed by atoms with Gasteiger partial charge in [0.2, 0.25) is 15.9 Å². The van der Waals surface area contributed by atoms with Crippen molar-refractivity contribution in [2.45, 2.75) is 43.9 Å². The number of carbonyl (C=O) groups excluding carboxylic acids is 1. The number of anilines is 1. The molecule has 168 valence electrons. The Bertz CT molecular complexity index is 1040. The van der Waals surface area contributed by atoms with E-state index in [1.807, 2.05) is 24.3 Å². The molecule has 7 nitrogen and oxygen atoms in total. The highest BCUT2D eigenvalue weighted by Crippen LogP contribution is 2.34. The molecule has 0 aliphatic carbocycles. The first-order valence-electron chi connectivity index (χ1n) is 10.3. The van der Waals surface area contributed by atoms with Gasteiger partial charge in [-0.05, 0) is 41.7 Å². The SMILES string of the molecule is COc1ccc(S(=O)(=O)NCCOc2ccccc2C(C)(C)C)cc1N1CCCC1=O. The average molecular weight is 447 g/mol. The minimum Gasteiger partial charge on any atom is -0.495 e. The lowest BCUT2D eigenvalue weighted by Crippen LogP contribution is -2.29. The molecule has 0 spiro atoms. The molecule has 0 bridgehead atoms. The van der Waals surface area contributed by atoms with E-state index in [1.165, 1.54) is 19.2 Å². The van der Waals surface area contributed by atoms with Crippen molar-refractivity contribution in [1.29, 1.82) is 0 Å². The van der Waals surface area contributed by atoms with Crippen molar-refractivity contribution >= 4 is 21.6 Å². The van der Waals surface area contributed by atoms with Gasteiger partial charge < -0.3 is 14.4 Å². The molecule has 1 aliphatic heterocycles. The number of para-hydroxylation sites is 1. The lowest BCUT2D eigenvalue weighted by Gasteiger charge is -2.22. The van der Waals surface area contributed by atoms with Crippen molar-refractivity contribution in [2.24, 2.45) is 0 Å². The summed E-state index contributed by atoms with van der Waals surface area (Å²) in [4.78, 5) is 13.8. The summed E-state index contributed by atoms with van der Waals surface area (Å²) in [5, 5.41) is 0. The minimum atomic E-state index is -3.77. The number of sulfonamides is 1. The van der Waals surface area contributed by atoms with Crippen molar-refractivity contribution in [1.82, 2.24) is 4.72 Å². The Morgan fingerprint density at radius 3 is 2.48 bits per heavy atom. The third-order valence-corrected chi connectivity index (χ3v) is 6.63. The van der Waals surface area contributed by atoms with Crippen LogP contribution in [-0.2, 0) is 20.2 Å². The molecule has 1 N–H and O–H groups in total. The number of hydrogen-bond acceptors (Lipinski definition) is 5. The predicted molar refractivity (Wildman–Crippen MR) is 120 cm³/mol. The van der Waals surface area contributed by atoms with Gasteiger partial charge in [-0.1, -0.05) is 39.0 Å². The smallest absolute Gasteiger partial charge is 0.240 e. The molecule has 1 aliphatic rings. The standard InChI is InChI=1S/C23H30N2O5S/c1-23(2,3)18-8-5-6-9-20(18)30-15-13-24-31(27,28)17-11-12-21(29-4)19(16-17)25-14-7-10-22(25)26/h5-6,8-9,11-12,16,24H,7,10,13-15H2,1-4H3. The number of amides is 1. The van der Waals surface area contributed by atoms with E-state index in [0.29, 0.717) is 24.4 Å². The van der Waals surface area contributed by atoms with Crippen LogP contribution in [0.25, 0.3) is 0 Å². The zero-order chi connectivity index (χ0) is 22.6. The number of benzene rings is 2. The molecule has 0 unspecified atom stereocenters. The number of methoxy groups -OCH3 is 1. The summed E-state index contributed by atoms with van der Waals surface area (Å²) in [6.07, 6.45) is 1.19. The Balaban J connectivity index is 1.69. The van der Waals surface area contributed by atoms with Crippen molar-refractivity contribution in [3.05, 3.63) is 48.0 Å². The second-order valence-corrected chi connectivity index (χ2v) is 10.2. The van der Waals surface area contributed by atoms with Gasteiger partial charge in [-0.2, -0.15) is 0 Å². The van der Waals surface area contributed by atoms with E-state index in [4.69, 9.17) is 9.47 Å². The van der Waals surface area contributed by atoms with Crippen LogP contribution in [0.4, 0.5) is 5.69 Å². The first kappa shape index (κ1) is 23.1. The van der Waals surface area contributed by atoms with E-state index in [-0.39, 0.29) is 29.4 Å². The molecule has 1 heterocycles. The number of hydrogen-bond donors (Lipinski definition) is 1. The van der Waals surface area contributed by atoms with Gasteiger partial charge in [0.25, 0.3) is 0 Å². The van der Waals surface area contributed by atoms with Crippen LogP contribution in [0.2, 0.25) is 0 Å². The normalized spacial score (nSPS) is 14.7. The summed E-state index contributed by atoms with van der Waals surface area (Å²) < 4.78 is 39.4. The van der Waals surface area contributed by atoms with Crippen LogP contribution in [-0.4, -0.2) is 41.1 Å². The number of nitrogens with zero attached hydrogens (tertiary/aromatic N) is 1. The fourth-order valence-electron chi connectivity index (χ4n) is 3.58. The topological polar surface area (TPSA) is 84.9 Å². The maximum Gasteiger partial charge on any atom is 0.240 e. The Labute approximate surface area is 184 Å². The number of rotatable bonds is 8. The maximum absolute atomic E-state index is 12.8. The number of ether oxygens (including phenoxy) is 2. The van der Waals surface area contributed by atoms with Crippen molar-refractivity contribution in [2.75, 3.05) is 31.7 Å². The largest absolute Gasteiger partial charge is 0.495 e. The van der Waals surface area contributed by atoms with Gasteiger partial charge >= 0.3 is 0 Å². The van der Waals surface area contributed by atoms with E-state index in [2.05, 4.69) is 25.5 Å². The molecule has 0 atom stereocenters. The summed E-state index contributed by atoms with van der Waals surface area (Å²) in [6, 6.07) is 12.3. The fraction of sp³-hybridized carbons (Fsp3) is 0.435. The highest BCUT2D eigenvalue weighted by molar-refractivity contribution is 7.89. The third-order valence-electron chi connectivity index (χ3n) is 5.17.